The lowest BCUT2D eigenvalue weighted by molar-refractivity contribution is -0.104. The SMILES string of the molecule is C=CC(C)C(C)/C=C(\C)C=O. The average molecular weight is 152 g/mol. The van der Waals surface area contributed by atoms with E-state index in [-0.39, 0.29) is 0 Å². The van der Waals surface area contributed by atoms with Crippen LogP contribution in [0.2, 0.25) is 0 Å². The van der Waals surface area contributed by atoms with E-state index in [1.54, 1.807) is 0 Å². The first kappa shape index (κ1) is 10.2. The van der Waals surface area contributed by atoms with Gasteiger partial charge < -0.3 is 0 Å². The molecule has 0 amide bonds. The minimum atomic E-state index is 0.401. The summed E-state index contributed by atoms with van der Waals surface area (Å²) < 4.78 is 0. The van der Waals surface area contributed by atoms with Crippen molar-refractivity contribution in [2.75, 3.05) is 0 Å². The van der Waals surface area contributed by atoms with Crippen LogP contribution in [0.1, 0.15) is 20.8 Å². The molecule has 0 heterocycles. The molecule has 0 saturated heterocycles. The van der Waals surface area contributed by atoms with Gasteiger partial charge in [0.25, 0.3) is 0 Å². The van der Waals surface area contributed by atoms with Crippen LogP contribution in [0.5, 0.6) is 0 Å². The van der Waals surface area contributed by atoms with Crippen LogP contribution >= 0.6 is 0 Å². The predicted molar refractivity (Wildman–Crippen MR) is 48.3 cm³/mol. The number of carbonyl (C=O) groups is 1. The van der Waals surface area contributed by atoms with Gasteiger partial charge in [-0.25, -0.2) is 0 Å². The van der Waals surface area contributed by atoms with Crippen LogP contribution in [0.25, 0.3) is 0 Å². The van der Waals surface area contributed by atoms with Crippen molar-refractivity contribution in [3.63, 3.8) is 0 Å². The summed E-state index contributed by atoms with van der Waals surface area (Å²) in [7, 11) is 0. The molecule has 0 aromatic heterocycles. The van der Waals surface area contributed by atoms with Gasteiger partial charge in [0.1, 0.15) is 6.29 Å². The predicted octanol–water partition coefficient (Wildman–Crippen LogP) is 2.59. The third-order valence-corrected chi connectivity index (χ3v) is 1.91. The molecule has 0 aromatic rings. The van der Waals surface area contributed by atoms with Crippen molar-refractivity contribution < 1.29 is 4.79 Å². The molecule has 0 aliphatic carbocycles. The maximum Gasteiger partial charge on any atom is 0.145 e. The third-order valence-electron chi connectivity index (χ3n) is 1.91. The Kier molecular flexibility index (Phi) is 4.51. The highest BCUT2D eigenvalue weighted by Gasteiger charge is 2.04. The maximum atomic E-state index is 10.3. The normalized spacial score (nSPS) is 17.2. The first-order valence-corrected chi connectivity index (χ1v) is 3.88. The first-order chi connectivity index (χ1) is 5.11. The van der Waals surface area contributed by atoms with Crippen LogP contribution in [0.4, 0.5) is 0 Å². The van der Waals surface area contributed by atoms with Gasteiger partial charge in [-0.05, 0) is 24.3 Å². The van der Waals surface area contributed by atoms with Gasteiger partial charge >= 0.3 is 0 Å². The maximum absolute atomic E-state index is 10.3. The molecule has 0 aromatic carbocycles. The molecule has 0 aliphatic rings. The van der Waals surface area contributed by atoms with Crippen LogP contribution in [0.15, 0.2) is 24.3 Å². The molecule has 11 heavy (non-hydrogen) atoms. The second-order valence-corrected chi connectivity index (χ2v) is 2.98. The topological polar surface area (TPSA) is 17.1 Å². The molecular formula is C10H16O. The Morgan fingerprint density at radius 3 is 2.27 bits per heavy atom. The zero-order valence-corrected chi connectivity index (χ0v) is 7.50. The van der Waals surface area contributed by atoms with Crippen molar-refractivity contribution in [2.24, 2.45) is 11.8 Å². The van der Waals surface area contributed by atoms with Crippen LogP contribution < -0.4 is 0 Å². The second-order valence-electron chi connectivity index (χ2n) is 2.98. The first-order valence-electron chi connectivity index (χ1n) is 3.88. The Balaban J connectivity index is 4.14. The van der Waals surface area contributed by atoms with Crippen LogP contribution in [0.3, 0.4) is 0 Å². The number of allylic oxidation sites excluding steroid dienone is 3. The Hall–Kier alpha value is -0.850. The summed E-state index contributed by atoms with van der Waals surface area (Å²) in [6.45, 7) is 9.69. The molecule has 0 radical (unpaired) electrons. The van der Waals surface area contributed by atoms with E-state index in [0.717, 1.165) is 11.9 Å². The lowest BCUT2D eigenvalue weighted by Crippen LogP contribution is -2.02. The van der Waals surface area contributed by atoms with E-state index in [2.05, 4.69) is 20.4 Å². The standard InChI is InChI=1S/C10H16O/c1-5-9(3)10(4)6-8(2)7-11/h5-7,9-10H,1H2,2-4H3/b8-6+. The minimum Gasteiger partial charge on any atom is -0.298 e. The molecule has 1 nitrogen and oxygen atoms in total. The summed E-state index contributed by atoms with van der Waals surface area (Å²) in [5.41, 5.74) is 0.797. The van der Waals surface area contributed by atoms with Crippen LogP contribution in [-0.4, -0.2) is 6.29 Å². The summed E-state index contributed by atoms with van der Waals surface area (Å²) >= 11 is 0. The number of aldehydes is 1. The van der Waals surface area contributed by atoms with Gasteiger partial charge in [-0.3, -0.25) is 4.79 Å². The fraction of sp³-hybridized carbons (Fsp3) is 0.500. The zero-order chi connectivity index (χ0) is 8.85. The second kappa shape index (κ2) is 4.89. The highest BCUT2D eigenvalue weighted by atomic mass is 16.1. The number of hydrogen-bond acceptors (Lipinski definition) is 1. The Labute approximate surface area is 68.8 Å². The highest BCUT2D eigenvalue weighted by Crippen LogP contribution is 2.14. The van der Waals surface area contributed by atoms with Crippen molar-refractivity contribution in [1.82, 2.24) is 0 Å². The molecule has 0 aliphatic heterocycles. The van der Waals surface area contributed by atoms with Gasteiger partial charge in [0, 0.05) is 0 Å². The zero-order valence-electron chi connectivity index (χ0n) is 7.50. The van der Waals surface area contributed by atoms with Crippen molar-refractivity contribution >= 4 is 6.29 Å². The molecule has 1 heteroatoms. The Morgan fingerprint density at radius 1 is 1.36 bits per heavy atom. The fourth-order valence-corrected chi connectivity index (χ4v) is 0.820. The number of rotatable bonds is 4. The van der Waals surface area contributed by atoms with Crippen molar-refractivity contribution in [1.29, 1.82) is 0 Å². The van der Waals surface area contributed by atoms with Gasteiger partial charge in [0.05, 0.1) is 0 Å². The van der Waals surface area contributed by atoms with E-state index in [1.165, 1.54) is 0 Å². The Bertz CT molecular complexity index is 168. The van der Waals surface area contributed by atoms with Gasteiger partial charge in [0.15, 0.2) is 0 Å². The molecule has 0 bridgehead atoms. The summed E-state index contributed by atoms with van der Waals surface area (Å²) in [6, 6.07) is 0. The lowest BCUT2D eigenvalue weighted by Gasteiger charge is -2.11. The van der Waals surface area contributed by atoms with E-state index in [0.29, 0.717) is 11.8 Å². The van der Waals surface area contributed by atoms with Crippen molar-refractivity contribution in [2.45, 2.75) is 20.8 Å². The summed E-state index contributed by atoms with van der Waals surface area (Å²) in [5.74, 6) is 0.836. The van der Waals surface area contributed by atoms with Crippen LogP contribution in [-0.2, 0) is 4.79 Å². The third kappa shape index (κ3) is 3.76. The summed E-state index contributed by atoms with van der Waals surface area (Å²) in [6.07, 6.45) is 4.75. The van der Waals surface area contributed by atoms with Gasteiger partial charge in [-0.15, -0.1) is 6.58 Å². The molecule has 2 atom stereocenters. The summed E-state index contributed by atoms with van der Waals surface area (Å²) in [5, 5.41) is 0. The van der Waals surface area contributed by atoms with Gasteiger partial charge in [-0.2, -0.15) is 0 Å². The van der Waals surface area contributed by atoms with Gasteiger partial charge in [-0.1, -0.05) is 26.0 Å². The van der Waals surface area contributed by atoms with Crippen molar-refractivity contribution in [3.05, 3.63) is 24.3 Å². The number of hydrogen-bond donors (Lipinski definition) is 0. The minimum absolute atomic E-state index is 0.401. The van der Waals surface area contributed by atoms with Crippen molar-refractivity contribution in [3.8, 4) is 0 Å². The number of carbonyl (C=O) groups excluding carboxylic acids is 1. The van der Waals surface area contributed by atoms with E-state index >= 15 is 0 Å². The van der Waals surface area contributed by atoms with E-state index < -0.39 is 0 Å². The lowest BCUT2D eigenvalue weighted by atomic mass is 9.94. The molecule has 0 saturated carbocycles. The average Bonchev–Trinajstić information content (AvgIpc) is 2.02. The fourth-order valence-electron chi connectivity index (χ4n) is 0.820. The molecule has 0 rings (SSSR count). The molecular weight excluding hydrogens is 136 g/mol. The quantitative estimate of drug-likeness (QED) is 0.344. The smallest absolute Gasteiger partial charge is 0.145 e. The highest BCUT2D eigenvalue weighted by molar-refractivity contribution is 5.72. The van der Waals surface area contributed by atoms with Gasteiger partial charge in [0.2, 0.25) is 0 Å². The summed E-state index contributed by atoms with van der Waals surface area (Å²) in [4.78, 5) is 10.3. The largest absolute Gasteiger partial charge is 0.298 e. The molecule has 0 spiro atoms. The Morgan fingerprint density at radius 2 is 1.91 bits per heavy atom. The van der Waals surface area contributed by atoms with E-state index in [9.17, 15) is 4.79 Å². The van der Waals surface area contributed by atoms with Crippen LogP contribution in [0, 0.1) is 11.8 Å². The molecule has 0 N–H and O–H groups in total. The van der Waals surface area contributed by atoms with E-state index in [1.807, 2.05) is 19.1 Å². The molecule has 2 unspecified atom stereocenters. The molecule has 62 valence electrons. The van der Waals surface area contributed by atoms with E-state index in [4.69, 9.17) is 0 Å². The molecule has 0 fully saturated rings. The monoisotopic (exact) mass is 152 g/mol.